The maximum Gasteiger partial charge on any atom is 0.170 e. The van der Waals surface area contributed by atoms with Gasteiger partial charge < -0.3 is 13.9 Å². The van der Waals surface area contributed by atoms with Crippen molar-refractivity contribution in [2.45, 2.75) is 0 Å². The summed E-state index contributed by atoms with van der Waals surface area (Å²) in [5.74, 6) is 4.30. The molecule has 7 aromatic carbocycles. The van der Waals surface area contributed by atoms with Gasteiger partial charge in [-0.3, -0.25) is 4.98 Å². The molecule has 11 rings (SSSR count). The maximum absolute atomic E-state index is 6.47. The molecular formula is C50H30N4O3. The number of aromatic nitrogens is 4. The highest BCUT2D eigenvalue weighted by Gasteiger charge is 2.21. The highest BCUT2D eigenvalue weighted by Crippen LogP contribution is 2.47. The Morgan fingerprint density at radius 3 is 1.68 bits per heavy atom. The molecule has 4 heterocycles. The summed E-state index contributed by atoms with van der Waals surface area (Å²) < 4.78 is 19.0. The van der Waals surface area contributed by atoms with Crippen molar-refractivity contribution in [2.75, 3.05) is 0 Å². The molecule has 0 unspecified atom stereocenters. The predicted molar refractivity (Wildman–Crippen MR) is 224 cm³/mol. The zero-order valence-corrected chi connectivity index (χ0v) is 30.3. The zero-order valence-electron chi connectivity index (χ0n) is 30.3. The van der Waals surface area contributed by atoms with Crippen LogP contribution in [0.4, 0.5) is 0 Å². The molecule has 7 nitrogen and oxygen atoms in total. The number of fused-ring (bicyclic) bond motifs is 5. The number of pyridine rings is 1. The fourth-order valence-corrected chi connectivity index (χ4v) is 7.46. The van der Waals surface area contributed by atoms with Gasteiger partial charge in [0, 0.05) is 34.3 Å². The first-order valence-corrected chi connectivity index (χ1v) is 18.7. The van der Waals surface area contributed by atoms with Gasteiger partial charge in [0.05, 0.1) is 5.56 Å². The number of hydrogen-bond donors (Lipinski definition) is 0. The molecule has 10 aromatic rings. The average Bonchev–Trinajstić information content (AvgIpc) is 3.67. The van der Waals surface area contributed by atoms with Crippen molar-refractivity contribution in [3.63, 3.8) is 0 Å². The highest BCUT2D eigenvalue weighted by molar-refractivity contribution is 6.09. The molecular weight excluding hydrogens is 705 g/mol. The standard InChI is InChI=1S/C50H30N4O3/c1-2-9-34(10-3-1)48-52-49(54-50(53-48)41-13-8-12-40-39-11-4-5-14-42(39)57-47(40)41)38-28-36(32-19-17-31(18-20-32)33-23-25-51-26-24-33)27-37(29-38)35-21-22-45-46(30-35)56-44-16-7-6-15-43(44)55-45/h1-30H. The van der Waals surface area contributed by atoms with Crippen molar-refractivity contribution < 1.29 is 13.9 Å². The number of nitrogens with zero attached hydrogens (tertiary/aromatic N) is 4. The Balaban J connectivity index is 1.10. The summed E-state index contributed by atoms with van der Waals surface area (Å²) in [6.07, 6.45) is 3.62. The first kappa shape index (κ1) is 32.5. The third-order valence-corrected chi connectivity index (χ3v) is 10.3. The first-order valence-electron chi connectivity index (χ1n) is 18.7. The molecule has 1 aliphatic rings. The molecule has 268 valence electrons. The van der Waals surface area contributed by atoms with Gasteiger partial charge in [-0.2, -0.15) is 0 Å². The van der Waals surface area contributed by atoms with E-state index in [2.05, 4.69) is 65.6 Å². The largest absolute Gasteiger partial charge is 0.455 e. The molecule has 0 saturated heterocycles. The van der Waals surface area contributed by atoms with Crippen LogP contribution in [0.25, 0.3) is 89.5 Å². The Bertz CT molecular complexity index is 3130. The van der Waals surface area contributed by atoms with Crippen molar-refractivity contribution in [1.82, 2.24) is 19.9 Å². The van der Waals surface area contributed by atoms with Crippen molar-refractivity contribution in [3.05, 3.63) is 182 Å². The van der Waals surface area contributed by atoms with Gasteiger partial charge in [-0.15, -0.1) is 0 Å². The molecule has 1 aliphatic heterocycles. The minimum Gasteiger partial charge on any atom is -0.455 e. The van der Waals surface area contributed by atoms with Crippen LogP contribution in [0.2, 0.25) is 0 Å². The van der Waals surface area contributed by atoms with E-state index in [-0.39, 0.29) is 0 Å². The minimum atomic E-state index is 0.523. The summed E-state index contributed by atoms with van der Waals surface area (Å²) in [5, 5.41) is 2.05. The topological polar surface area (TPSA) is 83.2 Å². The Hall–Kier alpha value is -7.90. The smallest absolute Gasteiger partial charge is 0.170 e. The second kappa shape index (κ2) is 13.4. The molecule has 3 aromatic heterocycles. The molecule has 0 radical (unpaired) electrons. The average molecular weight is 735 g/mol. The van der Waals surface area contributed by atoms with Crippen LogP contribution in [0.3, 0.4) is 0 Å². The molecule has 0 fully saturated rings. The zero-order chi connectivity index (χ0) is 37.7. The number of furan rings is 1. The van der Waals surface area contributed by atoms with E-state index in [1.54, 1.807) is 0 Å². The van der Waals surface area contributed by atoms with Gasteiger partial charge in [0.2, 0.25) is 0 Å². The van der Waals surface area contributed by atoms with Crippen LogP contribution < -0.4 is 9.47 Å². The van der Waals surface area contributed by atoms with Crippen LogP contribution in [0, 0.1) is 0 Å². The van der Waals surface area contributed by atoms with Crippen LogP contribution in [0.5, 0.6) is 23.0 Å². The third kappa shape index (κ3) is 5.95. The van der Waals surface area contributed by atoms with Gasteiger partial charge in [0.25, 0.3) is 0 Å². The fourth-order valence-electron chi connectivity index (χ4n) is 7.46. The molecule has 0 aliphatic carbocycles. The van der Waals surface area contributed by atoms with E-state index in [1.807, 2.05) is 122 Å². The molecule has 0 amide bonds. The lowest BCUT2D eigenvalue weighted by Gasteiger charge is -2.21. The lowest BCUT2D eigenvalue weighted by atomic mass is 9.94. The maximum atomic E-state index is 6.47. The van der Waals surface area contributed by atoms with Crippen LogP contribution in [0.15, 0.2) is 187 Å². The molecule has 57 heavy (non-hydrogen) atoms. The van der Waals surface area contributed by atoms with Crippen molar-refractivity contribution >= 4 is 21.9 Å². The van der Waals surface area contributed by atoms with Crippen LogP contribution in [-0.4, -0.2) is 19.9 Å². The van der Waals surface area contributed by atoms with Gasteiger partial charge in [-0.1, -0.05) is 103 Å². The summed E-state index contributed by atoms with van der Waals surface area (Å²) >= 11 is 0. The second-order valence-corrected chi connectivity index (χ2v) is 13.9. The minimum absolute atomic E-state index is 0.523. The normalized spacial score (nSPS) is 11.8. The van der Waals surface area contributed by atoms with E-state index in [0.717, 1.165) is 72.0 Å². The summed E-state index contributed by atoms with van der Waals surface area (Å²) in [4.78, 5) is 19.6. The summed E-state index contributed by atoms with van der Waals surface area (Å²) in [5.41, 5.74) is 10.2. The van der Waals surface area contributed by atoms with Gasteiger partial charge in [-0.25, -0.2) is 15.0 Å². The molecule has 7 heteroatoms. The molecule has 0 saturated carbocycles. The molecule has 0 atom stereocenters. The second-order valence-electron chi connectivity index (χ2n) is 13.9. The summed E-state index contributed by atoms with van der Waals surface area (Å²) in [6.45, 7) is 0. The predicted octanol–water partition coefficient (Wildman–Crippen LogP) is 13.1. The van der Waals surface area contributed by atoms with Crippen molar-refractivity contribution in [1.29, 1.82) is 0 Å². The van der Waals surface area contributed by atoms with Gasteiger partial charge in [0.15, 0.2) is 40.5 Å². The quantitative estimate of drug-likeness (QED) is 0.168. The van der Waals surface area contributed by atoms with Gasteiger partial charge in [0.1, 0.15) is 11.2 Å². The Kier molecular flexibility index (Phi) is 7.67. The number of ether oxygens (including phenoxy) is 2. The summed E-state index contributed by atoms with van der Waals surface area (Å²) in [6, 6.07) is 57.0. The number of para-hydroxylation sites is 4. The third-order valence-electron chi connectivity index (χ3n) is 10.3. The highest BCUT2D eigenvalue weighted by atomic mass is 16.6. The Labute approximate surface area is 327 Å². The molecule has 0 N–H and O–H groups in total. The van der Waals surface area contributed by atoms with Crippen molar-refractivity contribution in [3.8, 4) is 90.5 Å². The Morgan fingerprint density at radius 1 is 0.333 bits per heavy atom. The number of hydrogen-bond acceptors (Lipinski definition) is 7. The van der Waals surface area contributed by atoms with Crippen LogP contribution in [0.1, 0.15) is 0 Å². The molecule has 0 spiro atoms. The lowest BCUT2D eigenvalue weighted by molar-refractivity contribution is 0.360. The number of rotatable bonds is 6. The van der Waals surface area contributed by atoms with E-state index >= 15 is 0 Å². The summed E-state index contributed by atoms with van der Waals surface area (Å²) in [7, 11) is 0. The van der Waals surface area contributed by atoms with Gasteiger partial charge in [-0.05, 0) is 100 Å². The van der Waals surface area contributed by atoms with Crippen molar-refractivity contribution in [2.24, 2.45) is 0 Å². The lowest BCUT2D eigenvalue weighted by Crippen LogP contribution is -2.01. The van der Waals surface area contributed by atoms with E-state index in [4.69, 9.17) is 28.8 Å². The van der Waals surface area contributed by atoms with E-state index in [9.17, 15) is 0 Å². The van der Waals surface area contributed by atoms with Crippen LogP contribution >= 0.6 is 0 Å². The van der Waals surface area contributed by atoms with Crippen LogP contribution in [-0.2, 0) is 0 Å². The molecule has 0 bridgehead atoms. The first-order chi connectivity index (χ1) is 28.2. The van der Waals surface area contributed by atoms with E-state index < -0.39 is 0 Å². The SMILES string of the molecule is c1ccc(-c2nc(-c3cc(-c4ccc(-c5ccncc5)cc4)cc(-c4ccc5c(c4)Oc4ccccc4O5)c3)nc(-c3cccc4c3oc3ccccc34)n2)cc1. The van der Waals surface area contributed by atoms with E-state index in [0.29, 0.717) is 40.5 Å². The Morgan fingerprint density at radius 2 is 0.895 bits per heavy atom. The monoisotopic (exact) mass is 734 g/mol. The van der Waals surface area contributed by atoms with Gasteiger partial charge >= 0.3 is 0 Å². The number of benzene rings is 7. The van der Waals surface area contributed by atoms with E-state index in [1.165, 1.54) is 0 Å². The fraction of sp³-hybridized carbons (Fsp3) is 0.